The molecule has 1 heterocycles. The number of carbonyl (C=O) groups is 1. The second kappa shape index (κ2) is 7.95. The SMILES string of the molecule is CC1(C)CCC(c2ccccc2N2CCN(C3CCCCC3=O)CC2)CC1. The van der Waals surface area contributed by atoms with Gasteiger partial charge in [0.15, 0.2) is 0 Å². The minimum absolute atomic E-state index is 0.205. The third-order valence-corrected chi connectivity index (χ3v) is 7.33. The number of Topliss-reactive ketones (excluding diaryl/α,β-unsaturated/α-hetero) is 1. The van der Waals surface area contributed by atoms with Crippen molar-refractivity contribution in [3.8, 4) is 0 Å². The van der Waals surface area contributed by atoms with Gasteiger partial charge in [-0.2, -0.15) is 0 Å². The lowest BCUT2D eigenvalue weighted by Gasteiger charge is -2.42. The smallest absolute Gasteiger partial charge is 0.149 e. The van der Waals surface area contributed by atoms with Crippen LogP contribution in [-0.4, -0.2) is 42.9 Å². The molecule has 3 aliphatic rings. The summed E-state index contributed by atoms with van der Waals surface area (Å²) >= 11 is 0. The molecule has 148 valence electrons. The zero-order valence-corrected chi connectivity index (χ0v) is 17.3. The first-order valence-electron chi connectivity index (χ1n) is 11.1. The van der Waals surface area contributed by atoms with Gasteiger partial charge in [0, 0.05) is 38.3 Å². The van der Waals surface area contributed by atoms with Gasteiger partial charge >= 0.3 is 0 Å². The molecule has 3 heteroatoms. The van der Waals surface area contributed by atoms with Crippen LogP contribution in [-0.2, 0) is 4.79 Å². The average Bonchev–Trinajstić information content (AvgIpc) is 2.69. The molecule has 27 heavy (non-hydrogen) atoms. The lowest BCUT2D eigenvalue weighted by molar-refractivity contribution is -0.126. The minimum Gasteiger partial charge on any atom is -0.369 e. The van der Waals surface area contributed by atoms with Gasteiger partial charge in [0.05, 0.1) is 6.04 Å². The Morgan fingerprint density at radius 2 is 1.63 bits per heavy atom. The number of hydrogen-bond acceptors (Lipinski definition) is 3. The summed E-state index contributed by atoms with van der Waals surface area (Å²) in [6.45, 7) is 9.00. The highest BCUT2D eigenvalue weighted by molar-refractivity contribution is 5.84. The predicted octanol–water partition coefficient (Wildman–Crippen LogP) is 5.00. The van der Waals surface area contributed by atoms with Gasteiger partial charge in [-0.25, -0.2) is 0 Å². The summed E-state index contributed by atoms with van der Waals surface area (Å²) in [5.74, 6) is 1.20. The topological polar surface area (TPSA) is 23.6 Å². The molecule has 0 amide bonds. The maximum Gasteiger partial charge on any atom is 0.149 e. The lowest BCUT2D eigenvalue weighted by atomic mass is 9.71. The summed E-state index contributed by atoms with van der Waals surface area (Å²) in [6, 6.07) is 9.32. The Labute approximate surface area is 165 Å². The fourth-order valence-corrected chi connectivity index (χ4v) is 5.46. The molecule has 2 aliphatic carbocycles. The second-order valence-electron chi connectivity index (χ2n) is 9.75. The van der Waals surface area contributed by atoms with E-state index in [0.717, 1.165) is 45.4 Å². The van der Waals surface area contributed by atoms with Crippen molar-refractivity contribution in [1.82, 2.24) is 4.90 Å². The molecule has 3 nitrogen and oxygen atoms in total. The van der Waals surface area contributed by atoms with Crippen molar-refractivity contribution >= 4 is 11.5 Å². The highest BCUT2D eigenvalue weighted by atomic mass is 16.1. The van der Waals surface area contributed by atoms with Gasteiger partial charge in [0.25, 0.3) is 0 Å². The standard InChI is InChI=1S/C24H36N2O/c1-24(2)13-11-19(12-14-24)20-7-3-4-8-21(20)25-15-17-26(18-16-25)22-9-5-6-10-23(22)27/h3-4,7-8,19,22H,5-6,9-18H2,1-2H3. The van der Waals surface area contributed by atoms with E-state index in [1.54, 1.807) is 5.56 Å². The summed E-state index contributed by atoms with van der Waals surface area (Å²) in [7, 11) is 0. The number of anilines is 1. The Bertz CT molecular complexity index is 650. The summed E-state index contributed by atoms with van der Waals surface area (Å²) in [4.78, 5) is 17.3. The zero-order valence-electron chi connectivity index (χ0n) is 17.3. The Hall–Kier alpha value is -1.35. The van der Waals surface area contributed by atoms with E-state index in [0.29, 0.717) is 17.1 Å². The van der Waals surface area contributed by atoms with Gasteiger partial charge in [0.2, 0.25) is 0 Å². The van der Waals surface area contributed by atoms with Crippen LogP contribution in [0.25, 0.3) is 0 Å². The van der Waals surface area contributed by atoms with E-state index in [9.17, 15) is 4.79 Å². The molecule has 1 unspecified atom stereocenters. The van der Waals surface area contributed by atoms with Crippen molar-refractivity contribution < 1.29 is 4.79 Å². The van der Waals surface area contributed by atoms with Crippen LogP contribution in [0, 0.1) is 5.41 Å². The molecule has 4 rings (SSSR count). The third-order valence-electron chi connectivity index (χ3n) is 7.33. The van der Waals surface area contributed by atoms with Crippen LogP contribution in [0.3, 0.4) is 0 Å². The molecular weight excluding hydrogens is 332 g/mol. The number of carbonyl (C=O) groups excluding carboxylic acids is 1. The molecule has 0 radical (unpaired) electrons. The number of para-hydroxylation sites is 1. The van der Waals surface area contributed by atoms with Gasteiger partial charge in [-0.3, -0.25) is 9.69 Å². The highest BCUT2D eigenvalue weighted by Crippen LogP contribution is 2.44. The van der Waals surface area contributed by atoms with E-state index in [-0.39, 0.29) is 6.04 Å². The van der Waals surface area contributed by atoms with E-state index >= 15 is 0 Å². The number of benzene rings is 1. The molecule has 2 saturated carbocycles. The summed E-state index contributed by atoms with van der Waals surface area (Å²) in [5, 5.41) is 0. The summed E-state index contributed by atoms with van der Waals surface area (Å²) in [6.07, 6.45) is 9.51. The Balaban J connectivity index is 1.42. The number of hydrogen-bond donors (Lipinski definition) is 0. The molecule has 0 aromatic heterocycles. The second-order valence-corrected chi connectivity index (χ2v) is 9.75. The Morgan fingerprint density at radius 1 is 0.926 bits per heavy atom. The molecule has 0 spiro atoms. The van der Waals surface area contributed by atoms with Gasteiger partial charge < -0.3 is 4.90 Å². The van der Waals surface area contributed by atoms with Crippen LogP contribution < -0.4 is 4.90 Å². The first kappa shape index (κ1) is 19.0. The summed E-state index contributed by atoms with van der Waals surface area (Å²) in [5.41, 5.74) is 3.54. The van der Waals surface area contributed by atoms with Gasteiger partial charge in [0.1, 0.15) is 5.78 Å². The molecular formula is C24H36N2O. The van der Waals surface area contributed by atoms with Crippen LogP contribution in [0.15, 0.2) is 24.3 Å². The monoisotopic (exact) mass is 368 g/mol. The Morgan fingerprint density at radius 3 is 2.33 bits per heavy atom. The average molecular weight is 369 g/mol. The molecule has 1 atom stereocenters. The molecule has 3 fully saturated rings. The van der Waals surface area contributed by atoms with Gasteiger partial charge in [-0.15, -0.1) is 0 Å². The number of nitrogens with zero attached hydrogens (tertiary/aromatic N) is 2. The van der Waals surface area contributed by atoms with Crippen LogP contribution >= 0.6 is 0 Å². The third kappa shape index (κ3) is 4.23. The maximum atomic E-state index is 12.3. The van der Waals surface area contributed by atoms with Crippen molar-refractivity contribution in [2.24, 2.45) is 5.41 Å². The normalized spacial score (nSPS) is 27.7. The van der Waals surface area contributed by atoms with E-state index < -0.39 is 0 Å². The number of piperazine rings is 1. The van der Waals surface area contributed by atoms with Crippen molar-refractivity contribution in [1.29, 1.82) is 0 Å². The van der Waals surface area contributed by atoms with E-state index in [2.05, 4.69) is 47.9 Å². The van der Waals surface area contributed by atoms with Crippen LogP contribution in [0.2, 0.25) is 0 Å². The molecule has 0 N–H and O–H groups in total. The number of ketones is 1. The van der Waals surface area contributed by atoms with E-state index in [1.807, 2.05) is 0 Å². The minimum atomic E-state index is 0.205. The lowest BCUT2D eigenvalue weighted by Crippen LogP contribution is -2.53. The van der Waals surface area contributed by atoms with Crippen molar-refractivity contribution in [3.63, 3.8) is 0 Å². The molecule has 1 aromatic carbocycles. The fraction of sp³-hybridized carbons (Fsp3) is 0.708. The van der Waals surface area contributed by atoms with Crippen LogP contribution in [0.1, 0.15) is 76.7 Å². The molecule has 1 aromatic rings. The fourth-order valence-electron chi connectivity index (χ4n) is 5.46. The predicted molar refractivity (Wildman–Crippen MR) is 112 cm³/mol. The molecule has 0 bridgehead atoms. The van der Waals surface area contributed by atoms with Crippen LogP contribution in [0.5, 0.6) is 0 Å². The van der Waals surface area contributed by atoms with E-state index in [4.69, 9.17) is 0 Å². The van der Waals surface area contributed by atoms with Gasteiger partial charge in [-0.05, 0) is 61.5 Å². The van der Waals surface area contributed by atoms with Crippen molar-refractivity contribution in [3.05, 3.63) is 29.8 Å². The van der Waals surface area contributed by atoms with Crippen LogP contribution in [0.4, 0.5) is 5.69 Å². The largest absolute Gasteiger partial charge is 0.369 e. The summed E-state index contributed by atoms with van der Waals surface area (Å²) < 4.78 is 0. The maximum absolute atomic E-state index is 12.3. The molecule has 1 saturated heterocycles. The number of rotatable bonds is 3. The van der Waals surface area contributed by atoms with Crippen molar-refractivity contribution in [2.75, 3.05) is 31.1 Å². The highest BCUT2D eigenvalue weighted by Gasteiger charge is 2.32. The molecule has 1 aliphatic heterocycles. The quantitative estimate of drug-likeness (QED) is 0.750. The first-order chi connectivity index (χ1) is 13.0. The van der Waals surface area contributed by atoms with Gasteiger partial charge in [-0.1, -0.05) is 38.5 Å². The van der Waals surface area contributed by atoms with E-state index in [1.165, 1.54) is 37.8 Å². The zero-order chi connectivity index (χ0) is 18.9. The first-order valence-corrected chi connectivity index (χ1v) is 11.1. The van der Waals surface area contributed by atoms with Crippen molar-refractivity contribution in [2.45, 2.75) is 77.2 Å². The Kier molecular flexibility index (Phi) is 5.59.